The number of aliphatic hydroxyl groups excluding tert-OH is 1. The highest BCUT2D eigenvalue weighted by atomic mass is 16.5. The molecule has 2 fully saturated rings. The van der Waals surface area contributed by atoms with Crippen LogP contribution in [0.25, 0.3) is 0 Å². The Kier molecular flexibility index (Phi) is 7.50. The molecule has 2 N–H and O–H groups in total. The number of esters is 1. The highest BCUT2D eigenvalue weighted by Crippen LogP contribution is 2.24. The molecule has 0 saturated carbocycles. The summed E-state index contributed by atoms with van der Waals surface area (Å²) in [6.45, 7) is 7.05. The average Bonchev–Trinajstić information content (AvgIpc) is 3.12. The Morgan fingerprint density at radius 2 is 1.86 bits per heavy atom. The van der Waals surface area contributed by atoms with E-state index in [1.165, 1.54) is 18.2 Å². The van der Waals surface area contributed by atoms with Gasteiger partial charge in [0.25, 0.3) is 0 Å². The van der Waals surface area contributed by atoms with E-state index in [2.05, 4.69) is 51.3 Å². The van der Waals surface area contributed by atoms with Gasteiger partial charge in [0.1, 0.15) is 0 Å². The molecule has 7 heteroatoms. The molecule has 2 unspecified atom stereocenters. The number of hydrogen-bond donors (Lipinski definition) is 2. The van der Waals surface area contributed by atoms with Crippen LogP contribution in [0.3, 0.4) is 0 Å². The number of aliphatic imine (C=N–C) groups is 1. The minimum absolute atomic E-state index is 0.103. The third-order valence-corrected chi connectivity index (χ3v) is 6.06. The van der Waals surface area contributed by atoms with Crippen molar-refractivity contribution in [2.45, 2.75) is 39.0 Å². The molecular weight excluding hydrogens is 368 g/mol. The number of rotatable bonds is 5. The van der Waals surface area contributed by atoms with Crippen LogP contribution in [0.1, 0.15) is 30.9 Å². The minimum Gasteiger partial charge on any atom is -0.469 e. The van der Waals surface area contributed by atoms with Gasteiger partial charge in [0.05, 0.1) is 19.1 Å². The lowest BCUT2D eigenvalue weighted by Gasteiger charge is -2.29. The quantitative estimate of drug-likeness (QED) is 0.441. The summed E-state index contributed by atoms with van der Waals surface area (Å²) >= 11 is 0. The molecule has 2 heterocycles. The number of carbonyl (C=O) groups is 1. The van der Waals surface area contributed by atoms with Crippen molar-refractivity contribution in [3.63, 3.8) is 0 Å². The normalized spacial score (nSPS) is 24.0. The fourth-order valence-corrected chi connectivity index (χ4v) is 4.21. The maximum Gasteiger partial charge on any atom is 0.310 e. The number of benzene rings is 1. The highest BCUT2D eigenvalue weighted by Gasteiger charge is 2.36. The molecule has 1 aromatic rings. The van der Waals surface area contributed by atoms with Gasteiger partial charge in [0, 0.05) is 46.3 Å². The Hall–Kier alpha value is -2.12. The van der Waals surface area contributed by atoms with E-state index in [9.17, 15) is 9.90 Å². The lowest BCUT2D eigenvalue weighted by molar-refractivity contribution is -0.145. The molecule has 2 atom stereocenters. The van der Waals surface area contributed by atoms with Crippen molar-refractivity contribution in [1.29, 1.82) is 0 Å². The summed E-state index contributed by atoms with van der Waals surface area (Å²) in [7, 11) is 3.22. The van der Waals surface area contributed by atoms with E-state index in [0.29, 0.717) is 13.1 Å². The van der Waals surface area contributed by atoms with Crippen molar-refractivity contribution in [3.8, 4) is 0 Å². The van der Waals surface area contributed by atoms with Gasteiger partial charge >= 0.3 is 5.97 Å². The van der Waals surface area contributed by atoms with E-state index in [4.69, 9.17) is 4.74 Å². The molecule has 0 aromatic heterocycles. The molecule has 3 rings (SSSR count). The van der Waals surface area contributed by atoms with Gasteiger partial charge in [-0.15, -0.1) is 0 Å². The third kappa shape index (κ3) is 5.70. The van der Waals surface area contributed by atoms with Crippen LogP contribution in [0.2, 0.25) is 0 Å². The van der Waals surface area contributed by atoms with Crippen molar-refractivity contribution in [3.05, 3.63) is 35.4 Å². The molecule has 0 bridgehead atoms. The van der Waals surface area contributed by atoms with Crippen LogP contribution < -0.4 is 5.32 Å². The van der Waals surface area contributed by atoms with Crippen molar-refractivity contribution >= 4 is 11.9 Å². The average molecular weight is 403 g/mol. The zero-order valence-electron chi connectivity index (χ0n) is 17.8. The van der Waals surface area contributed by atoms with E-state index in [1.807, 2.05) is 0 Å². The Labute approximate surface area is 173 Å². The molecule has 2 saturated heterocycles. The zero-order valence-corrected chi connectivity index (χ0v) is 17.8. The smallest absolute Gasteiger partial charge is 0.310 e. The van der Waals surface area contributed by atoms with Gasteiger partial charge in [-0.3, -0.25) is 14.7 Å². The number of carbonyl (C=O) groups excluding carboxylic acids is 1. The molecule has 1 aromatic carbocycles. The summed E-state index contributed by atoms with van der Waals surface area (Å²) in [5.74, 6) is 0.818. The number of ether oxygens (including phenoxy) is 1. The number of hydrogen-bond acceptors (Lipinski definition) is 5. The highest BCUT2D eigenvalue weighted by molar-refractivity contribution is 5.82. The molecule has 7 nitrogen and oxygen atoms in total. The number of likely N-dealkylation sites (tertiary alicyclic amines) is 2. The first kappa shape index (κ1) is 21.6. The van der Waals surface area contributed by atoms with E-state index < -0.39 is 0 Å². The minimum atomic E-state index is -0.144. The lowest BCUT2D eigenvalue weighted by atomic mass is 9.99. The Morgan fingerprint density at radius 3 is 2.48 bits per heavy atom. The van der Waals surface area contributed by atoms with Crippen molar-refractivity contribution < 1.29 is 14.6 Å². The summed E-state index contributed by atoms with van der Waals surface area (Å²) in [6, 6.07) is 8.66. The number of nitrogens with zero attached hydrogens (tertiary/aromatic N) is 3. The maximum absolute atomic E-state index is 11.9. The van der Waals surface area contributed by atoms with Crippen LogP contribution in [0.15, 0.2) is 29.3 Å². The lowest BCUT2D eigenvalue weighted by Crippen LogP contribution is -2.40. The number of nitrogens with one attached hydrogen (secondary N) is 1. The van der Waals surface area contributed by atoms with Crippen LogP contribution >= 0.6 is 0 Å². The van der Waals surface area contributed by atoms with Gasteiger partial charge in [0.15, 0.2) is 5.96 Å². The first-order valence-electron chi connectivity index (χ1n) is 10.5. The molecule has 2 aliphatic rings. The molecule has 0 spiro atoms. The molecule has 0 amide bonds. The Bertz CT molecular complexity index is 699. The Morgan fingerprint density at radius 1 is 1.21 bits per heavy atom. The van der Waals surface area contributed by atoms with Gasteiger partial charge in [-0.2, -0.15) is 0 Å². The van der Waals surface area contributed by atoms with Crippen LogP contribution in [-0.4, -0.2) is 73.3 Å². The van der Waals surface area contributed by atoms with Crippen LogP contribution in [0, 0.1) is 11.8 Å². The zero-order chi connectivity index (χ0) is 20.8. The summed E-state index contributed by atoms with van der Waals surface area (Å²) in [5, 5.41) is 13.0. The third-order valence-electron chi connectivity index (χ3n) is 6.06. The largest absolute Gasteiger partial charge is 0.469 e. The van der Waals surface area contributed by atoms with Gasteiger partial charge < -0.3 is 20.1 Å². The maximum atomic E-state index is 11.9. The first-order valence-corrected chi connectivity index (χ1v) is 10.5. The van der Waals surface area contributed by atoms with Crippen molar-refractivity contribution in [2.24, 2.45) is 16.8 Å². The molecular formula is C22H34N4O3. The summed E-state index contributed by atoms with van der Waals surface area (Å²) in [5.41, 5.74) is 2.49. The van der Waals surface area contributed by atoms with Crippen LogP contribution in [0.4, 0.5) is 0 Å². The van der Waals surface area contributed by atoms with E-state index in [0.717, 1.165) is 45.0 Å². The standard InChI is InChI=1S/C22H34N4O3/c1-16-13-26(15-20(16)21(28)29-3)22(23-2)24-12-17-4-6-18(7-5-17)14-25-10-8-19(27)9-11-25/h4-7,16,19-20,27H,8-15H2,1-3H3,(H,23,24). The number of piperidine rings is 1. The molecule has 29 heavy (non-hydrogen) atoms. The molecule has 160 valence electrons. The number of aliphatic hydroxyl groups is 1. The van der Waals surface area contributed by atoms with Crippen molar-refractivity contribution in [2.75, 3.05) is 40.3 Å². The van der Waals surface area contributed by atoms with E-state index >= 15 is 0 Å². The van der Waals surface area contributed by atoms with Crippen LogP contribution in [0.5, 0.6) is 0 Å². The fourth-order valence-electron chi connectivity index (χ4n) is 4.21. The molecule has 0 radical (unpaired) electrons. The summed E-state index contributed by atoms with van der Waals surface area (Å²) < 4.78 is 4.92. The monoisotopic (exact) mass is 402 g/mol. The molecule has 0 aliphatic carbocycles. The summed E-state index contributed by atoms with van der Waals surface area (Å²) in [4.78, 5) is 20.8. The second-order valence-corrected chi connectivity index (χ2v) is 8.24. The van der Waals surface area contributed by atoms with E-state index in [1.54, 1.807) is 7.05 Å². The van der Waals surface area contributed by atoms with E-state index in [-0.39, 0.29) is 23.9 Å². The summed E-state index contributed by atoms with van der Waals surface area (Å²) in [6.07, 6.45) is 1.61. The number of methoxy groups -OCH3 is 1. The van der Waals surface area contributed by atoms with Crippen molar-refractivity contribution in [1.82, 2.24) is 15.1 Å². The van der Waals surface area contributed by atoms with Gasteiger partial charge in [-0.25, -0.2) is 0 Å². The second kappa shape index (κ2) is 10.1. The van der Waals surface area contributed by atoms with Crippen LogP contribution in [-0.2, 0) is 22.6 Å². The predicted octanol–water partition coefficient (Wildman–Crippen LogP) is 1.46. The molecule has 2 aliphatic heterocycles. The van der Waals surface area contributed by atoms with Gasteiger partial charge in [-0.1, -0.05) is 31.2 Å². The fraction of sp³-hybridized carbons (Fsp3) is 0.636. The first-order chi connectivity index (χ1) is 14.0. The topological polar surface area (TPSA) is 77.4 Å². The number of guanidine groups is 1. The SMILES string of the molecule is CN=C(NCc1ccc(CN2CCC(O)CC2)cc1)N1CC(C)C(C(=O)OC)C1. The second-order valence-electron chi connectivity index (χ2n) is 8.24. The van der Waals surface area contributed by atoms with Gasteiger partial charge in [-0.05, 0) is 29.9 Å². The predicted molar refractivity (Wildman–Crippen MR) is 113 cm³/mol. The van der Waals surface area contributed by atoms with Gasteiger partial charge in [0.2, 0.25) is 0 Å². The Balaban J connectivity index is 1.49.